The van der Waals surface area contributed by atoms with E-state index in [2.05, 4.69) is 36.5 Å². The molecule has 2 atom stereocenters. The molecule has 1 aromatic rings. The van der Waals surface area contributed by atoms with Crippen molar-refractivity contribution in [1.29, 1.82) is 0 Å². The number of nitrogens with one attached hydrogen (secondary N) is 1. The predicted molar refractivity (Wildman–Crippen MR) is 63.6 cm³/mol. The molecule has 0 radical (unpaired) electrons. The van der Waals surface area contributed by atoms with E-state index in [1.165, 1.54) is 17.5 Å². The van der Waals surface area contributed by atoms with E-state index in [1.807, 2.05) is 0 Å². The van der Waals surface area contributed by atoms with Crippen LogP contribution in [0.4, 0.5) is 0 Å². The number of nitrogens with two attached hydrogens (primary N) is 1. The predicted octanol–water partition coefficient (Wildman–Crippen LogP) is 1.69. The van der Waals surface area contributed by atoms with Crippen LogP contribution in [-0.2, 0) is 13.0 Å². The van der Waals surface area contributed by atoms with E-state index in [4.69, 9.17) is 5.73 Å². The Labute approximate surface area is 91.9 Å². The molecule has 0 saturated heterocycles. The van der Waals surface area contributed by atoms with Gasteiger partial charge in [-0.25, -0.2) is 0 Å². The Kier molecular flexibility index (Phi) is 3.39. The van der Waals surface area contributed by atoms with E-state index in [-0.39, 0.29) is 0 Å². The van der Waals surface area contributed by atoms with Gasteiger partial charge in [-0.05, 0) is 36.4 Å². The maximum absolute atomic E-state index is 5.60. The first-order valence-corrected chi connectivity index (χ1v) is 5.81. The van der Waals surface area contributed by atoms with Crippen LogP contribution in [0.5, 0.6) is 0 Å². The normalized spacial score (nSPS) is 24.1. The van der Waals surface area contributed by atoms with Crippen LogP contribution in [0.1, 0.15) is 24.5 Å². The van der Waals surface area contributed by atoms with Gasteiger partial charge in [-0.3, -0.25) is 0 Å². The second-order valence-corrected chi connectivity index (χ2v) is 4.51. The Morgan fingerprint density at radius 2 is 2.00 bits per heavy atom. The van der Waals surface area contributed by atoms with E-state index in [0.29, 0.717) is 0 Å². The topological polar surface area (TPSA) is 38.0 Å². The van der Waals surface area contributed by atoms with Crippen molar-refractivity contribution in [2.45, 2.75) is 32.4 Å². The molecule has 0 aliphatic heterocycles. The molecule has 15 heavy (non-hydrogen) atoms. The van der Waals surface area contributed by atoms with Crippen molar-refractivity contribution in [3.8, 4) is 0 Å². The average molecular weight is 204 g/mol. The molecule has 82 valence electrons. The Morgan fingerprint density at radius 3 is 2.60 bits per heavy atom. The lowest BCUT2D eigenvalue weighted by Gasteiger charge is -2.09. The van der Waals surface area contributed by atoms with Gasteiger partial charge in [0.15, 0.2) is 0 Å². The van der Waals surface area contributed by atoms with Gasteiger partial charge in [0, 0.05) is 12.6 Å². The monoisotopic (exact) mass is 204 g/mol. The summed E-state index contributed by atoms with van der Waals surface area (Å²) >= 11 is 0. The van der Waals surface area contributed by atoms with Gasteiger partial charge in [0.05, 0.1) is 0 Å². The third-order valence-corrected chi connectivity index (χ3v) is 3.20. The highest BCUT2D eigenvalue weighted by Crippen LogP contribution is 2.29. The minimum atomic E-state index is 0.733. The van der Waals surface area contributed by atoms with Gasteiger partial charge < -0.3 is 11.1 Å². The van der Waals surface area contributed by atoms with E-state index in [1.54, 1.807) is 0 Å². The van der Waals surface area contributed by atoms with Gasteiger partial charge in [-0.15, -0.1) is 0 Å². The molecule has 2 unspecified atom stereocenters. The summed E-state index contributed by atoms with van der Waals surface area (Å²) in [5, 5.41) is 3.58. The van der Waals surface area contributed by atoms with Gasteiger partial charge in [0.25, 0.3) is 0 Å². The molecule has 0 bridgehead atoms. The minimum Gasteiger partial charge on any atom is -0.330 e. The first-order chi connectivity index (χ1) is 7.31. The van der Waals surface area contributed by atoms with Crippen molar-refractivity contribution < 1.29 is 0 Å². The molecular formula is C13H20N2. The summed E-state index contributed by atoms with van der Waals surface area (Å²) in [6, 6.07) is 9.32. The van der Waals surface area contributed by atoms with Gasteiger partial charge in [-0.2, -0.15) is 0 Å². The Hall–Kier alpha value is -0.860. The molecule has 0 amide bonds. The standard InChI is InChI=1S/C13H20N2/c1-10-8-13(10)15-9-12-5-3-2-4-11(12)6-7-14/h2-5,10,13,15H,6-9,14H2,1H3. The van der Waals surface area contributed by atoms with Crippen LogP contribution in [0.2, 0.25) is 0 Å². The van der Waals surface area contributed by atoms with E-state index >= 15 is 0 Å². The molecule has 0 spiro atoms. The molecule has 2 nitrogen and oxygen atoms in total. The molecule has 1 aromatic carbocycles. The Bertz CT molecular complexity index is 322. The second kappa shape index (κ2) is 4.77. The fourth-order valence-electron chi connectivity index (χ4n) is 1.98. The van der Waals surface area contributed by atoms with Crippen LogP contribution >= 0.6 is 0 Å². The maximum Gasteiger partial charge on any atom is 0.0210 e. The summed E-state index contributed by atoms with van der Waals surface area (Å²) in [6.45, 7) is 4.02. The van der Waals surface area contributed by atoms with Crippen molar-refractivity contribution in [1.82, 2.24) is 5.32 Å². The number of benzene rings is 1. The smallest absolute Gasteiger partial charge is 0.0210 e. The highest BCUT2D eigenvalue weighted by atomic mass is 15.0. The lowest BCUT2D eigenvalue weighted by Crippen LogP contribution is -2.18. The van der Waals surface area contributed by atoms with Crippen LogP contribution < -0.4 is 11.1 Å². The van der Waals surface area contributed by atoms with E-state index in [9.17, 15) is 0 Å². The first-order valence-electron chi connectivity index (χ1n) is 5.81. The summed E-state index contributed by atoms with van der Waals surface area (Å²) in [7, 11) is 0. The van der Waals surface area contributed by atoms with Gasteiger partial charge >= 0.3 is 0 Å². The lowest BCUT2D eigenvalue weighted by molar-refractivity contribution is 0.648. The van der Waals surface area contributed by atoms with Crippen molar-refractivity contribution in [3.63, 3.8) is 0 Å². The molecule has 1 fully saturated rings. The third kappa shape index (κ3) is 2.80. The molecule has 1 aliphatic rings. The summed E-state index contributed by atoms with van der Waals surface area (Å²) in [6.07, 6.45) is 2.32. The molecule has 1 saturated carbocycles. The molecule has 0 heterocycles. The summed E-state index contributed by atoms with van der Waals surface area (Å²) in [5.74, 6) is 0.867. The largest absolute Gasteiger partial charge is 0.330 e. The molecule has 3 N–H and O–H groups in total. The van der Waals surface area contributed by atoms with Crippen molar-refractivity contribution in [2.75, 3.05) is 6.54 Å². The number of hydrogen-bond donors (Lipinski definition) is 2. The zero-order valence-electron chi connectivity index (χ0n) is 9.37. The first kappa shape index (κ1) is 10.7. The fraction of sp³-hybridized carbons (Fsp3) is 0.538. The maximum atomic E-state index is 5.60. The van der Waals surface area contributed by atoms with Gasteiger partial charge in [0.2, 0.25) is 0 Å². The van der Waals surface area contributed by atoms with Crippen LogP contribution in [0.25, 0.3) is 0 Å². The fourth-order valence-corrected chi connectivity index (χ4v) is 1.98. The zero-order valence-corrected chi connectivity index (χ0v) is 9.37. The quantitative estimate of drug-likeness (QED) is 0.766. The highest BCUT2D eigenvalue weighted by Gasteiger charge is 2.31. The SMILES string of the molecule is CC1CC1NCc1ccccc1CCN. The summed E-state index contributed by atoms with van der Waals surface area (Å²) in [5.41, 5.74) is 8.39. The Morgan fingerprint density at radius 1 is 1.33 bits per heavy atom. The molecule has 2 heteroatoms. The van der Waals surface area contributed by atoms with Crippen molar-refractivity contribution in [3.05, 3.63) is 35.4 Å². The summed E-state index contributed by atoms with van der Waals surface area (Å²) in [4.78, 5) is 0. The zero-order chi connectivity index (χ0) is 10.7. The molecule has 1 aliphatic carbocycles. The number of rotatable bonds is 5. The van der Waals surface area contributed by atoms with E-state index in [0.717, 1.165) is 31.5 Å². The van der Waals surface area contributed by atoms with Crippen molar-refractivity contribution in [2.24, 2.45) is 11.7 Å². The second-order valence-electron chi connectivity index (χ2n) is 4.51. The highest BCUT2D eigenvalue weighted by molar-refractivity contribution is 5.27. The summed E-state index contributed by atoms with van der Waals surface area (Å²) < 4.78 is 0. The Balaban J connectivity index is 1.93. The van der Waals surface area contributed by atoms with Crippen LogP contribution in [-0.4, -0.2) is 12.6 Å². The third-order valence-electron chi connectivity index (χ3n) is 3.20. The van der Waals surface area contributed by atoms with E-state index < -0.39 is 0 Å². The number of hydrogen-bond acceptors (Lipinski definition) is 2. The van der Waals surface area contributed by atoms with Crippen molar-refractivity contribution >= 4 is 0 Å². The molecular weight excluding hydrogens is 184 g/mol. The van der Waals surface area contributed by atoms with Gasteiger partial charge in [0.1, 0.15) is 0 Å². The lowest BCUT2D eigenvalue weighted by atomic mass is 10.0. The van der Waals surface area contributed by atoms with Gasteiger partial charge in [-0.1, -0.05) is 31.2 Å². The van der Waals surface area contributed by atoms with Crippen LogP contribution in [0.3, 0.4) is 0 Å². The average Bonchev–Trinajstić information content (AvgIpc) is 2.94. The molecule has 2 rings (SSSR count). The van der Waals surface area contributed by atoms with Crippen LogP contribution in [0, 0.1) is 5.92 Å². The minimum absolute atomic E-state index is 0.733. The van der Waals surface area contributed by atoms with Crippen LogP contribution in [0.15, 0.2) is 24.3 Å². The molecule has 0 aromatic heterocycles.